The summed E-state index contributed by atoms with van der Waals surface area (Å²) in [4.78, 5) is 13.8. The summed E-state index contributed by atoms with van der Waals surface area (Å²) < 4.78 is 13.2. The zero-order chi connectivity index (χ0) is 6.85. The zero-order valence-corrected chi connectivity index (χ0v) is 4.84. The number of rotatable bonds is 0. The molecule has 0 fully saturated rings. The Hall–Kier alpha value is -1.19. The Bertz CT molecular complexity index is 268. The van der Waals surface area contributed by atoms with Crippen molar-refractivity contribution in [2.45, 2.75) is 0 Å². The lowest BCUT2D eigenvalue weighted by Crippen LogP contribution is -2.16. The molecule has 0 saturated carbocycles. The highest BCUT2D eigenvalue weighted by molar-refractivity contribution is 4.83. The standard InChI is InChI=1S/C5H5FN2O/c1-8-3-7-4(6)2-5(8)9/h2-3H,1H3. The Morgan fingerprint density at radius 1 is 1.78 bits per heavy atom. The second kappa shape index (κ2) is 1.97. The number of hydrogen-bond donors (Lipinski definition) is 0. The third-order valence-corrected chi connectivity index (χ3v) is 0.944. The fourth-order valence-corrected chi connectivity index (χ4v) is 0.440. The molecule has 3 nitrogen and oxygen atoms in total. The van der Waals surface area contributed by atoms with Crippen LogP contribution in [0, 0.1) is 5.95 Å². The molecule has 1 aromatic rings. The predicted molar refractivity (Wildman–Crippen MR) is 29.4 cm³/mol. The van der Waals surface area contributed by atoms with Gasteiger partial charge in [-0.05, 0) is 0 Å². The first-order valence-corrected chi connectivity index (χ1v) is 2.38. The van der Waals surface area contributed by atoms with Crippen molar-refractivity contribution in [3.05, 3.63) is 28.7 Å². The number of nitrogens with zero attached hydrogens (tertiary/aromatic N) is 2. The van der Waals surface area contributed by atoms with Gasteiger partial charge in [0.1, 0.15) is 6.33 Å². The van der Waals surface area contributed by atoms with Crippen LogP contribution in [0.4, 0.5) is 4.39 Å². The van der Waals surface area contributed by atoms with E-state index in [1.807, 2.05) is 0 Å². The molecule has 1 rings (SSSR count). The highest BCUT2D eigenvalue weighted by atomic mass is 19.1. The van der Waals surface area contributed by atoms with Crippen molar-refractivity contribution in [2.75, 3.05) is 0 Å². The van der Waals surface area contributed by atoms with Crippen LogP contribution in [0.25, 0.3) is 0 Å². The van der Waals surface area contributed by atoms with E-state index in [0.717, 1.165) is 12.4 Å². The summed E-state index contributed by atoms with van der Waals surface area (Å²) in [7, 11) is 1.51. The van der Waals surface area contributed by atoms with Gasteiger partial charge in [-0.2, -0.15) is 4.39 Å². The maximum absolute atomic E-state index is 12.0. The lowest BCUT2D eigenvalue weighted by Gasteiger charge is -1.90. The summed E-state index contributed by atoms with van der Waals surface area (Å²) in [5.41, 5.74) is -0.387. The molecule has 0 bridgehead atoms. The summed E-state index contributed by atoms with van der Waals surface area (Å²) >= 11 is 0. The first-order chi connectivity index (χ1) is 4.20. The fourth-order valence-electron chi connectivity index (χ4n) is 0.440. The van der Waals surface area contributed by atoms with E-state index in [9.17, 15) is 9.18 Å². The fraction of sp³-hybridized carbons (Fsp3) is 0.200. The maximum atomic E-state index is 12.0. The van der Waals surface area contributed by atoms with Crippen molar-refractivity contribution in [1.82, 2.24) is 9.55 Å². The van der Waals surface area contributed by atoms with Crippen molar-refractivity contribution in [3.8, 4) is 0 Å². The second-order valence-electron chi connectivity index (χ2n) is 1.66. The molecule has 0 atom stereocenters. The molecule has 1 aromatic heterocycles. The predicted octanol–water partition coefficient (Wildman–Crippen LogP) is -0.0806. The van der Waals surface area contributed by atoms with E-state index in [-0.39, 0.29) is 5.56 Å². The van der Waals surface area contributed by atoms with Crippen molar-refractivity contribution >= 4 is 0 Å². The van der Waals surface area contributed by atoms with Crippen LogP contribution in [-0.4, -0.2) is 9.55 Å². The van der Waals surface area contributed by atoms with Crippen LogP contribution in [0.5, 0.6) is 0 Å². The Labute approximate surface area is 50.8 Å². The molecule has 0 radical (unpaired) electrons. The van der Waals surface area contributed by atoms with Gasteiger partial charge in [-0.25, -0.2) is 4.98 Å². The minimum atomic E-state index is -0.738. The zero-order valence-electron chi connectivity index (χ0n) is 4.84. The van der Waals surface area contributed by atoms with E-state index < -0.39 is 5.95 Å². The maximum Gasteiger partial charge on any atom is 0.256 e. The molecule has 9 heavy (non-hydrogen) atoms. The van der Waals surface area contributed by atoms with E-state index in [4.69, 9.17) is 0 Å². The number of hydrogen-bond acceptors (Lipinski definition) is 2. The third-order valence-electron chi connectivity index (χ3n) is 0.944. The molecule has 0 N–H and O–H groups in total. The van der Waals surface area contributed by atoms with Crippen molar-refractivity contribution < 1.29 is 4.39 Å². The van der Waals surface area contributed by atoms with Gasteiger partial charge in [0.15, 0.2) is 0 Å². The lowest BCUT2D eigenvalue weighted by atomic mass is 10.6. The van der Waals surface area contributed by atoms with Crippen LogP contribution in [0.1, 0.15) is 0 Å². The van der Waals surface area contributed by atoms with Gasteiger partial charge in [0.25, 0.3) is 5.56 Å². The largest absolute Gasteiger partial charge is 0.302 e. The molecule has 48 valence electrons. The first-order valence-electron chi connectivity index (χ1n) is 2.38. The van der Waals surface area contributed by atoms with Crippen molar-refractivity contribution in [2.24, 2.45) is 7.05 Å². The van der Waals surface area contributed by atoms with Crippen LogP contribution in [0.3, 0.4) is 0 Å². The normalized spacial score (nSPS) is 9.56. The molecule has 0 spiro atoms. The molecule has 0 aliphatic carbocycles. The van der Waals surface area contributed by atoms with Crippen molar-refractivity contribution in [1.29, 1.82) is 0 Å². The van der Waals surface area contributed by atoms with E-state index >= 15 is 0 Å². The van der Waals surface area contributed by atoms with E-state index in [1.165, 1.54) is 11.6 Å². The van der Waals surface area contributed by atoms with E-state index in [2.05, 4.69) is 4.98 Å². The summed E-state index contributed by atoms with van der Waals surface area (Å²) in [6, 6.07) is 0.833. The van der Waals surface area contributed by atoms with Gasteiger partial charge >= 0.3 is 0 Å². The quantitative estimate of drug-likeness (QED) is 0.458. The van der Waals surface area contributed by atoms with Gasteiger partial charge in [-0.15, -0.1) is 0 Å². The smallest absolute Gasteiger partial charge is 0.256 e. The van der Waals surface area contributed by atoms with Crippen molar-refractivity contribution in [3.63, 3.8) is 0 Å². The number of halogens is 1. The first kappa shape index (κ1) is 5.94. The van der Waals surface area contributed by atoms with Gasteiger partial charge < -0.3 is 4.57 Å². The molecule has 0 unspecified atom stereocenters. The molecular formula is C5H5FN2O. The molecule has 0 aliphatic rings. The highest BCUT2D eigenvalue weighted by Crippen LogP contribution is 1.80. The summed E-state index contributed by atoms with van der Waals surface area (Å²) in [5.74, 6) is -0.738. The monoisotopic (exact) mass is 128 g/mol. The molecular weight excluding hydrogens is 123 g/mol. The lowest BCUT2D eigenvalue weighted by molar-refractivity contribution is 0.566. The van der Waals surface area contributed by atoms with Crippen LogP contribution in [0.15, 0.2) is 17.2 Å². The molecule has 0 aromatic carbocycles. The molecule has 0 aliphatic heterocycles. The van der Waals surface area contributed by atoms with Gasteiger partial charge in [0.2, 0.25) is 5.95 Å². The third kappa shape index (κ3) is 1.13. The number of aromatic nitrogens is 2. The van der Waals surface area contributed by atoms with Crippen LogP contribution in [-0.2, 0) is 7.05 Å². The molecule has 0 saturated heterocycles. The van der Waals surface area contributed by atoms with Gasteiger partial charge in [0.05, 0.1) is 6.07 Å². The topological polar surface area (TPSA) is 34.9 Å². The Morgan fingerprint density at radius 3 is 2.89 bits per heavy atom. The Balaban J connectivity index is 3.34. The minimum Gasteiger partial charge on any atom is -0.302 e. The van der Waals surface area contributed by atoms with Gasteiger partial charge in [-0.3, -0.25) is 4.79 Å². The highest BCUT2D eigenvalue weighted by Gasteiger charge is 1.91. The number of aryl methyl sites for hydroxylation is 1. The molecule has 4 heteroatoms. The van der Waals surface area contributed by atoms with E-state index in [0.29, 0.717) is 0 Å². The SMILES string of the molecule is Cn1cnc(F)cc1=O. The second-order valence-corrected chi connectivity index (χ2v) is 1.66. The van der Waals surface area contributed by atoms with E-state index in [1.54, 1.807) is 0 Å². The molecule has 0 amide bonds. The summed E-state index contributed by atoms with van der Waals surface area (Å²) in [5, 5.41) is 0. The van der Waals surface area contributed by atoms with Crippen LogP contribution >= 0.6 is 0 Å². The molecule has 1 heterocycles. The minimum absolute atomic E-state index is 0.387. The Morgan fingerprint density at radius 2 is 2.44 bits per heavy atom. The summed E-state index contributed by atoms with van der Waals surface area (Å²) in [6.07, 6.45) is 1.14. The van der Waals surface area contributed by atoms with Crippen LogP contribution < -0.4 is 5.56 Å². The summed E-state index contributed by atoms with van der Waals surface area (Å²) in [6.45, 7) is 0. The average Bonchev–Trinajstić information content (AvgIpc) is 1.80. The van der Waals surface area contributed by atoms with Crippen LogP contribution in [0.2, 0.25) is 0 Å². The average molecular weight is 128 g/mol. The van der Waals surface area contributed by atoms with Gasteiger partial charge in [0, 0.05) is 7.05 Å². The Kier molecular flexibility index (Phi) is 1.30. The van der Waals surface area contributed by atoms with Gasteiger partial charge in [-0.1, -0.05) is 0 Å².